The van der Waals surface area contributed by atoms with Crippen molar-refractivity contribution in [1.82, 2.24) is 5.32 Å². The quantitative estimate of drug-likeness (QED) is 0.415. The van der Waals surface area contributed by atoms with Gasteiger partial charge < -0.3 is 10.5 Å². The molecule has 0 amide bonds. The number of rotatable bonds is 5. The summed E-state index contributed by atoms with van der Waals surface area (Å²) in [5.74, 6) is 0.416. The van der Waals surface area contributed by atoms with Crippen LogP contribution in [-0.2, 0) is 0 Å². The smallest absolute Gasteiger partial charge is 0.167 e. The summed E-state index contributed by atoms with van der Waals surface area (Å²) in [4.78, 5) is 0. The van der Waals surface area contributed by atoms with E-state index in [1.165, 1.54) is 12.8 Å². The van der Waals surface area contributed by atoms with Crippen LogP contribution in [0.15, 0.2) is 0 Å². The molecule has 0 saturated heterocycles. The Labute approximate surface area is 86.8 Å². The fraction of sp³-hybridized carbons (Fsp3) is 0.909. The molecule has 0 aromatic rings. The molecule has 1 heterocycles. The second-order valence-corrected chi connectivity index (χ2v) is 4.81. The molecule has 0 aromatic carbocycles. The van der Waals surface area contributed by atoms with E-state index in [2.05, 4.69) is 12.2 Å². The van der Waals surface area contributed by atoms with Gasteiger partial charge in [-0.05, 0) is 13.0 Å². The van der Waals surface area contributed by atoms with Gasteiger partial charge in [0.2, 0.25) is 0 Å². The maximum atomic E-state index is 11.4. The first-order valence-electron chi connectivity index (χ1n) is 5.58. The van der Waals surface area contributed by atoms with E-state index < -0.39 is 0 Å². The van der Waals surface area contributed by atoms with E-state index >= 15 is 0 Å². The fourth-order valence-electron chi connectivity index (χ4n) is 1.89. The van der Waals surface area contributed by atoms with E-state index in [1.54, 1.807) is 0 Å². The van der Waals surface area contributed by atoms with Crippen molar-refractivity contribution in [3.8, 4) is 0 Å². The lowest BCUT2D eigenvalue weighted by atomic mass is 9.96. The molecule has 3 heteroatoms. The Morgan fingerprint density at radius 3 is 2.79 bits per heavy atom. The molecule has 1 aliphatic rings. The number of hydroxylamine groups is 1. The molecule has 1 rings (SSSR count). The third-order valence-electron chi connectivity index (χ3n) is 2.82. The highest BCUT2D eigenvalue weighted by Crippen LogP contribution is 2.24. The predicted molar refractivity (Wildman–Crippen MR) is 59.7 cm³/mol. The number of hydrogen-bond donors (Lipinski definition) is 1. The van der Waals surface area contributed by atoms with E-state index in [0.717, 1.165) is 24.2 Å². The maximum absolute atomic E-state index is 11.4. The normalized spacial score (nSPS) is 25.1. The lowest BCUT2D eigenvalue weighted by Crippen LogP contribution is -2.29. The molecule has 0 spiro atoms. The van der Waals surface area contributed by atoms with Crippen LogP contribution < -0.4 is 5.32 Å². The van der Waals surface area contributed by atoms with Gasteiger partial charge in [-0.1, -0.05) is 13.3 Å². The van der Waals surface area contributed by atoms with Crippen LogP contribution in [0.3, 0.4) is 0 Å². The van der Waals surface area contributed by atoms with Crippen LogP contribution >= 0.6 is 0 Å². The van der Waals surface area contributed by atoms with Crippen LogP contribution in [0.25, 0.3) is 0 Å². The van der Waals surface area contributed by atoms with Gasteiger partial charge in [-0.15, -0.1) is 0 Å². The van der Waals surface area contributed by atoms with Crippen molar-refractivity contribution in [2.75, 3.05) is 13.1 Å². The zero-order valence-corrected chi connectivity index (χ0v) is 9.55. The zero-order valence-electron chi connectivity index (χ0n) is 9.55. The largest absolute Gasteiger partial charge is 0.624 e. The molecular formula is C11H22N2O. The summed E-state index contributed by atoms with van der Waals surface area (Å²) in [5, 5.41) is 14.8. The van der Waals surface area contributed by atoms with E-state index in [0.29, 0.717) is 5.92 Å². The Morgan fingerprint density at radius 2 is 2.29 bits per heavy atom. The molecule has 82 valence electrons. The Hall–Kier alpha value is -0.570. The molecule has 0 bridgehead atoms. The molecule has 0 aromatic heterocycles. The van der Waals surface area contributed by atoms with Gasteiger partial charge in [0, 0.05) is 26.8 Å². The lowest BCUT2D eigenvalue weighted by Gasteiger charge is -2.17. The molecular weight excluding hydrogens is 176 g/mol. The number of hydrogen-bond acceptors (Lipinski definition) is 2. The molecule has 1 unspecified atom stereocenters. The molecule has 3 nitrogen and oxygen atoms in total. The highest BCUT2D eigenvalue weighted by atomic mass is 16.5. The van der Waals surface area contributed by atoms with Crippen molar-refractivity contribution in [3.05, 3.63) is 5.21 Å². The second kappa shape index (κ2) is 4.78. The summed E-state index contributed by atoms with van der Waals surface area (Å²) in [7, 11) is 0. The Balaban J connectivity index is 2.23. The van der Waals surface area contributed by atoms with Gasteiger partial charge in [0.05, 0.1) is 5.92 Å². The summed E-state index contributed by atoms with van der Waals surface area (Å²) in [5.41, 5.74) is -0.197. The summed E-state index contributed by atoms with van der Waals surface area (Å²) >= 11 is 0. The van der Waals surface area contributed by atoms with E-state index in [9.17, 15) is 5.21 Å². The predicted octanol–water partition coefficient (Wildman–Crippen LogP) is 1.76. The van der Waals surface area contributed by atoms with Crippen molar-refractivity contribution < 1.29 is 4.74 Å². The van der Waals surface area contributed by atoms with Crippen molar-refractivity contribution >= 4 is 6.21 Å². The minimum atomic E-state index is -0.197. The maximum Gasteiger partial charge on any atom is 0.167 e. The minimum absolute atomic E-state index is 0.197. The van der Waals surface area contributed by atoms with Gasteiger partial charge in [-0.2, -0.15) is 0 Å². The van der Waals surface area contributed by atoms with Crippen LogP contribution in [0.5, 0.6) is 0 Å². The van der Waals surface area contributed by atoms with Crippen LogP contribution in [0.1, 0.15) is 40.0 Å². The van der Waals surface area contributed by atoms with Gasteiger partial charge in [-0.3, -0.25) is 0 Å². The molecule has 0 saturated carbocycles. The van der Waals surface area contributed by atoms with Crippen LogP contribution in [0.2, 0.25) is 0 Å². The second-order valence-electron chi connectivity index (χ2n) is 4.81. The van der Waals surface area contributed by atoms with Gasteiger partial charge in [0.25, 0.3) is 0 Å². The van der Waals surface area contributed by atoms with Crippen molar-refractivity contribution in [2.24, 2.45) is 5.92 Å². The van der Waals surface area contributed by atoms with Crippen LogP contribution in [0, 0.1) is 11.1 Å². The van der Waals surface area contributed by atoms with E-state index in [4.69, 9.17) is 0 Å². The standard InChI is InChI=1S/C11H22N2O/c1-4-5-6-12-8-10-7-11(2,3)13(14)9-10/h9-10,12H,4-8H2,1-3H3. The summed E-state index contributed by atoms with van der Waals surface area (Å²) < 4.78 is 1.11. The van der Waals surface area contributed by atoms with E-state index in [-0.39, 0.29) is 5.54 Å². The van der Waals surface area contributed by atoms with Gasteiger partial charge in [0.1, 0.15) is 0 Å². The van der Waals surface area contributed by atoms with E-state index in [1.807, 2.05) is 20.1 Å². The van der Waals surface area contributed by atoms with Crippen molar-refractivity contribution in [1.29, 1.82) is 0 Å². The highest BCUT2D eigenvalue weighted by molar-refractivity contribution is 5.58. The summed E-state index contributed by atoms with van der Waals surface area (Å²) in [6, 6.07) is 0. The fourth-order valence-corrected chi connectivity index (χ4v) is 1.89. The van der Waals surface area contributed by atoms with Crippen LogP contribution in [-0.4, -0.2) is 29.6 Å². The first-order chi connectivity index (χ1) is 6.56. The third kappa shape index (κ3) is 2.98. The van der Waals surface area contributed by atoms with Crippen LogP contribution in [0.4, 0.5) is 0 Å². The van der Waals surface area contributed by atoms with Gasteiger partial charge in [-0.25, -0.2) is 4.74 Å². The minimum Gasteiger partial charge on any atom is -0.624 e. The molecule has 0 fully saturated rings. The number of nitrogens with one attached hydrogen (secondary N) is 1. The molecule has 1 atom stereocenters. The molecule has 14 heavy (non-hydrogen) atoms. The molecule has 0 radical (unpaired) electrons. The Kier molecular flexibility index (Phi) is 3.93. The van der Waals surface area contributed by atoms with Crippen molar-refractivity contribution in [2.45, 2.75) is 45.6 Å². The zero-order chi connectivity index (χ0) is 10.6. The lowest BCUT2D eigenvalue weighted by molar-refractivity contribution is -0.527. The monoisotopic (exact) mass is 198 g/mol. The van der Waals surface area contributed by atoms with Crippen molar-refractivity contribution in [3.63, 3.8) is 0 Å². The third-order valence-corrected chi connectivity index (χ3v) is 2.82. The molecule has 0 aliphatic carbocycles. The Morgan fingerprint density at radius 1 is 1.57 bits per heavy atom. The summed E-state index contributed by atoms with van der Waals surface area (Å²) in [6.45, 7) is 8.21. The average molecular weight is 198 g/mol. The average Bonchev–Trinajstić information content (AvgIpc) is 2.35. The first kappa shape index (κ1) is 11.5. The number of unbranched alkanes of at least 4 members (excludes halogenated alkanes) is 1. The first-order valence-corrected chi connectivity index (χ1v) is 5.58. The highest BCUT2D eigenvalue weighted by Gasteiger charge is 2.36. The molecule has 1 N–H and O–H groups in total. The Bertz CT molecular complexity index is 211. The van der Waals surface area contributed by atoms with Gasteiger partial charge >= 0.3 is 0 Å². The summed E-state index contributed by atoms with van der Waals surface area (Å²) in [6.07, 6.45) is 5.23. The number of nitrogens with zero attached hydrogens (tertiary/aromatic N) is 1. The van der Waals surface area contributed by atoms with Gasteiger partial charge in [0.15, 0.2) is 11.8 Å². The molecule has 1 aliphatic heterocycles. The SMILES string of the molecule is CCCCNCC1C=[N+]([O-])C(C)(C)C1. The topological polar surface area (TPSA) is 38.1 Å².